The van der Waals surface area contributed by atoms with E-state index in [2.05, 4.69) is 20.5 Å². The molecule has 0 unspecified atom stereocenters. The number of carbonyl (C=O) groups is 1. The second-order valence-electron chi connectivity index (χ2n) is 5.13. The van der Waals surface area contributed by atoms with Crippen molar-refractivity contribution in [1.82, 2.24) is 24.9 Å². The molecule has 7 heteroatoms. The first-order chi connectivity index (χ1) is 11.8. The molecule has 0 bridgehead atoms. The number of fused-ring (bicyclic) bond motifs is 1. The van der Waals surface area contributed by atoms with E-state index >= 15 is 0 Å². The third kappa shape index (κ3) is 2.77. The Balaban J connectivity index is 1.48. The highest BCUT2D eigenvalue weighted by Gasteiger charge is 2.13. The summed E-state index contributed by atoms with van der Waals surface area (Å²) in [7, 11) is 0. The molecule has 4 aromatic rings. The van der Waals surface area contributed by atoms with E-state index in [4.69, 9.17) is 0 Å². The molecule has 0 fully saturated rings. The maximum absolute atomic E-state index is 12.3. The number of pyridine rings is 1. The number of thiazole rings is 1. The van der Waals surface area contributed by atoms with Crippen molar-refractivity contribution in [3.63, 3.8) is 0 Å². The predicted molar refractivity (Wildman–Crippen MR) is 91.7 cm³/mol. The van der Waals surface area contributed by atoms with Crippen molar-refractivity contribution < 1.29 is 4.79 Å². The molecular weight excluding hydrogens is 322 g/mol. The fraction of sp³-hybridized carbons (Fsp3) is 0.0588. The van der Waals surface area contributed by atoms with Crippen LogP contribution in [0.25, 0.3) is 16.2 Å². The van der Waals surface area contributed by atoms with Crippen LogP contribution in [0, 0.1) is 0 Å². The van der Waals surface area contributed by atoms with E-state index in [0.29, 0.717) is 18.1 Å². The molecule has 6 nitrogen and oxygen atoms in total. The summed E-state index contributed by atoms with van der Waals surface area (Å²) in [6, 6.07) is 15.5. The summed E-state index contributed by atoms with van der Waals surface area (Å²) in [5.74, 6) is 0.457. The van der Waals surface area contributed by atoms with Crippen molar-refractivity contribution in [2.24, 2.45) is 0 Å². The number of nitrogens with one attached hydrogen (secondary N) is 1. The highest BCUT2D eigenvalue weighted by atomic mass is 32.1. The van der Waals surface area contributed by atoms with Gasteiger partial charge in [-0.2, -0.15) is 0 Å². The smallest absolute Gasteiger partial charge is 0.271 e. The SMILES string of the molecule is O=C(NCc1nnc2ccccn12)c1csc(-c2ccccc2)n1. The van der Waals surface area contributed by atoms with Gasteiger partial charge in [0.05, 0.1) is 6.54 Å². The van der Waals surface area contributed by atoms with Crippen LogP contribution < -0.4 is 5.32 Å². The molecule has 0 radical (unpaired) electrons. The molecule has 3 heterocycles. The molecule has 24 heavy (non-hydrogen) atoms. The molecule has 0 aliphatic carbocycles. The Morgan fingerprint density at radius 3 is 2.79 bits per heavy atom. The molecule has 0 atom stereocenters. The quantitative estimate of drug-likeness (QED) is 0.622. The molecule has 1 amide bonds. The predicted octanol–water partition coefficient (Wildman–Crippen LogP) is 2.78. The fourth-order valence-corrected chi connectivity index (χ4v) is 3.16. The minimum absolute atomic E-state index is 0.221. The largest absolute Gasteiger partial charge is 0.343 e. The van der Waals surface area contributed by atoms with Gasteiger partial charge < -0.3 is 5.32 Å². The minimum Gasteiger partial charge on any atom is -0.343 e. The summed E-state index contributed by atoms with van der Waals surface area (Å²) in [5, 5.41) is 13.6. The number of hydrogen-bond acceptors (Lipinski definition) is 5. The molecule has 118 valence electrons. The molecule has 3 aromatic heterocycles. The number of hydrogen-bond donors (Lipinski definition) is 1. The van der Waals surface area contributed by atoms with Gasteiger partial charge in [-0.3, -0.25) is 9.20 Å². The summed E-state index contributed by atoms with van der Waals surface area (Å²) in [6.45, 7) is 0.294. The lowest BCUT2D eigenvalue weighted by Crippen LogP contribution is -2.24. The minimum atomic E-state index is -0.221. The van der Waals surface area contributed by atoms with E-state index in [1.165, 1.54) is 11.3 Å². The Morgan fingerprint density at radius 2 is 1.92 bits per heavy atom. The number of rotatable bonds is 4. The molecule has 4 rings (SSSR count). The van der Waals surface area contributed by atoms with Crippen molar-refractivity contribution in [3.05, 3.63) is 71.6 Å². The van der Waals surface area contributed by atoms with E-state index in [-0.39, 0.29) is 5.91 Å². The third-order valence-corrected chi connectivity index (χ3v) is 4.44. The Bertz CT molecular complexity index is 992. The molecule has 0 aliphatic rings. The Kier molecular flexibility index (Phi) is 3.76. The van der Waals surface area contributed by atoms with Crippen LogP contribution in [0.3, 0.4) is 0 Å². The zero-order valence-corrected chi connectivity index (χ0v) is 13.4. The molecule has 0 aliphatic heterocycles. The normalized spacial score (nSPS) is 10.8. The maximum atomic E-state index is 12.3. The van der Waals surface area contributed by atoms with Crippen LogP contribution in [-0.4, -0.2) is 25.5 Å². The van der Waals surface area contributed by atoms with Crippen molar-refractivity contribution in [3.8, 4) is 10.6 Å². The number of carbonyl (C=O) groups excluding carboxylic acids is 1. The first kappa shape index (κ1) is 14.5. The van der Waals surface area contributed by atoms with Crippen LogP contribution in [0.5, 0.6) is 0 Å². The zero-order chi connectivity index (χ0) is 16.4. The summed E-state index contributed by atoms with van der Waals surface area (Å²) in [6.07, 6.45) is 1.87. The van der Waals surface area contributed by atoms with E-state index in [1.54, 1.807) is 5.38 Å². The average Bonchev–Trinajstić information content (AvgIpc) is 3.28. The topological polar surface area (TPSA) is 72.2 Å². The van der Waals surface area contributed by atoms with Gasteiger partial charge in [0.25, 0.3) is 5.91 Å². The Labute approximate surface area is 141 Å². The van der Waals surface area contributed by atoms with Gasteiger partial charge in [-0.1, -0.05) is 36.4 Å². The molecule has 0 saturated heterocycles. The van der Waals surface area contributed by atoms with Crippen LogP contribution in [-0.2, 0) is 6.54 Å². The molecule has 1 aromatic carbocycles. The van der Waals surface area contributed by atoms with E-state index < -0.39 is 0 Å². The highest BCUT2D eigenvalue weighted by Crippen LogP contribution is 2.23. The average molecular weight is 335 g/mol. The first-order valence-electron chi connectivity index (χ1n) is 7.39. The second-order valence-corrected chi connectivity index (χ2v) is 5.99. The summed E-state index contributed by atoms with van der Waals surface area (Å²) in [4.78, 5) is 16.7. The van der Waals surface area contributed by atoms with Gasteiger partial charge in [0.2, 0.25) is 0 Å². The lowest BCUT2D eigenvalue weighted by Gasteiger charge is -2.02. The van der Waals surface area contributed by atoms with Gasteiger partial charge >= 0.3 is 0 Å². The fourth-order valence-electron chi connectivity index (χ4n) is 2.35. The van der Waals surface area contributed by atoms with Gasteiger partial charge in [0.1, 0.15) is 10.7 Å². The number of benzene rings is 1. The van der Waals surface area contributed by atoms with Gasteiger partial charge in [-0.25, -0.2) is 4.98 Å². The Morgan fingerprint density at radius 1 is 1.08 bits per heavy atom. The molecular formula is C17H13N5OS. The van der Waals surface area contributed by atoms with Crippen LogP contribution >= 0.6 is 11.3 Å². The second kappa shape index (κ2) is 6.21. The van der Waals surface area contributed by atoms with Crippen molar-refractivity contribution >= 4 is 22.9 Å². The monoisotopic (exact) mass is 335 g/mol. The van der Waals surface area contributed by atoms with Crippen LogP contribution in [0.4, 0.5) is 0 Å². The summed E-state index contributed by atoms with van der Waals surface area (Å²) < 4.78 is 1.84. The maximum Gasteiger partial charge on any atom is 0.271 e. The van der Waals surface area contributed by atoms with Gasteiger partial charge in [-0.05, 0) is 12.1 Å². The van der Waals surface area contributed by atoms with Gasteiger partial charge in [0, 0.05) is 17.1 Å². The molecule has 1 N–H and O–H groups in total. The molecule has 0 spiro atoms. The number of aromatic nitrogens is 4. The van der Waals surface area contributed by atoms with E-state index in [0.717, 1.165) is 16.2 Å². The zero-order valence-electron chi connectivity index (χ0n) is 12.6. The lowest BCUT2D eigenvalue weighted by molar-refractivity contribution is 0.0945. The molecule has 0 saturated carbocycles. The number of nitrogens with zero attached hydrogens (tertiary/aromatic N) is 4. The standard InChI is InChI=1S/C17H13N5OS/c23-16(13-11-24-17(19-13)12-6-2-1-3-7-12)18-10-15-21-20-14-8-4-5-9-22(14)15/h1-9,11H,10H2,(H,18,23). The van der Waals surface area contributed by atoms with Crippen LogP contribution in [0.2, 0.25) is 0 Å². The van der Waals surface area contributed by atoms with Gasteiger partial charge in [-0.15, -0.1) is 21.5 Å². The van der Waals surface area contributed by atoms with Crippen molar-refractivity contribution in [2.75, 3.05) is 0 Å². The first-order valence-corrected chi connectivity index (χ1v) is 8.27. The van der Waals surface area contributed by atoms with Crippen molar-refractivity contribution in [2.45, 2.75) is 6.54 Å². The van der Waals surface area contributed by atoms with Crippen LogP contribution in [0.15, 0.2) is 60.1 Å². The van der Waals surface area contributed by atoms with Gasteiger partial charge in [0.15, 0.2) is 11.5 Å². The van der Waals surface area contributed by atoms with Crippen molar-refractivity contribution in [1.29, 1.82) is 0 Å². The lowest BCUT2D eigenvalue weighted by atomic mass is 10.2. The highest BCUT2D eigenvalue weighted by molar-refractivity contribution is 7.13. The van der Waals surface area contributed by atoms with E-state index in [9.17, 15) is 4.79 Å². The third-order valence-electron chi connectivity index (χ3n) is 3.55. The summed E-state index contributed by atoms with van der Waals surface area (Å²) in [5.41, 5.74) is 2.17. The number of amides is 1. The van der Waals surface area contributed by atoms with E-state index in [1.807, 2.05) is 59.1 Å². The summed E-state index contributed by atoms with van der Waals surface area (Å²) >= 11 is 1.45. The Hall–Kier alpha value is -3.06. The van der Waals surface area contributed by atoms with Crippen LogP contribution in [0.1, 0.15) is 16.3 Å².